The van der Waals surface area contributed by atoms with Crippen LogP contribution in [0, 0.1) is 0 Å². The standard InChI is InChI=1S/C12H13ClN2/c1-2-11-10(8-13)12(15-14-11)9-6-4-3-5-7-9/h3-7H,2,8H2,1H3,(H,14,15). The number of H-pyrrole nitrogens is 1. The lowest BCUT2D eigenvalue weighted by atomic mass is 10.1. The number of aromatic nitrogens is 2. The molecular formula is C12H13ClN2. The fourth-order valence-electron chi connectivity index (χ4n) is 1.67. The summed E-state index contributed by atoms with van der Waals surface area (Å²) in [6.07, 6.45) is 0.932. The van der Waals surface area contributed by atoms with Gasteiger partial charge in [0.25, 0.3) is 0 Å². The number of benzene rings is 1. The van der Waals surface area contributed by atoms with E-state index in [9.17, 15) is 0 Å². The summed E-state index contributed by atoms with van der Waals surface area (Å²) in [5, 5.41) is 7.36. The average Bonchev–Trinajstić information content (AvgIpc) is 2.72. The van der Waals surface area contributed by atoms with Crippen molar-refractivity contribution in [3.8, 4) is 11.3 Å². The molecule has 1 aromatic heterocycles. The monoisotopic (exact) mass is 220 g/mol. The number of hydrogen-bond acceptors (Lipinski definition) is 1. The molecule has 0 bridgehead atoms. The van der Waals surface area contributed by atoms with Crippen LogP contribution in [0.15, 0.2) is 30.3 Å². The zero-order valence-electron chi connectivity index (χ0n) is 8.63. The Kier molecular flexibility index (Phi) is 3.07. The zero-order valence-corrected chi connectivity index (χ0v) is 9.38. The number of aromatic amines is 1. The lowest BCUT2D eigenvalue weighted by Gasteiger charge is -2.00. The van der Waals surface area contributed by atoms with Crippen molar-refractivity contribution >= 4 is 11.6 Å². The topological polar surface area (TPSA) is 28.7 Å². The van der Waals surface area contributed by atoms with Gasteiger partial charge >= 0.3 is 0 Å². The first-order valence-corrected chi connectivity index (χ1v) is 5.57. The molecule has 2 nitrogen and oxygen atoms in total. The van der Waals surface area contributed by atoms with Crippen molar-refractivity contribution < 1.29 is 0 Å². The van der Waals surface area contributed by atoms with Gasteiger partial charge in [-0.1, -0.05) is 37.3 Å². The van der Waals surface area contributed by atoms with Gasteiger partial charge in [0, 0.05) is 16.8 Å². The van der Waals surface area contributed by atoms with Gasteiger partial charge in [0.2, 0.25) is 0 Å². The second-order valence-electron chi connectivity index (χ2n) is 3.38. The SMILES string of the molecule is CCc1[nH]nc(-c2ccccc2)c1CCl. The second-order valence-corrected chi connectivity index (χ2v) is 3.65. The first kappa shape index (κ1) is 10.2. The first-order valence-electron chi connectivity index (χ1n) is 5.04. The third-order valence-electron chi connectivity index (χ3n) is 2.49. The van der Waals surface area contributed by atoms with Gasteiger partial charge in [-0.15, -0.1) is 11.6 Å². The van der Waals surface area contributed by atoms with Crippen molar-refractivity contribution in [2.45, 2.75) is 19.2 Å². The molecule has 3 heteroatoms. The summed E-state index contributed by atoms with van der Waals surface area (Å²) >= 11 is 5.95. The van der Waals surface area contributed by atoms with E-state index in [0.29, 0.717) is 5.88 Å². The third-order valence-corrected chi connectivity index (χ3v) is 2.75. The summed E-state index contributed by atoms with van der Waals surface area (Å²) in [7, 11) is 0. The molecule has 0 saturated heterocycles. The van der Waals surface area contributed by atoms with Crippen molar-refractivity contribution in [2.75, 3.05) is 0 Å². The molecule has 2 aromatic rings. The van der Waals surface area contributed by atoms with Gasteiger partial charge in [0.15, 0.2) is 0 Å². The molecule has 0 amide bonds. The number of nitrogens with zero attached hydrogens (tertiary/aromatic N) is 1. The van der Waals surface area contributed by atoms with Crippen molar-refractivity contribution in [1.82, 2.24) is 10.2 Å². The molecule has 0 radical (unpaired) electrons. The minimum atomic E-state index is 0.504. The fourth-order valence-corrected chi connectivity index (χ4v) is 1.96. The molecule has 0 aliphatic carbocycles. The molecule has 15 heavy (non-hydrogen) atoms. The number of hydrogen-bond donors (Lipinski definition) is 1. The lowest BCUT2D eigenvalue weighted by molar-refractivity contribution is 0.968. The Morgan fingerprint density at radius 1 is 1.27 bits per heavy atom. The van der Waals surface area contributed by atoms with Crippen LogP contribution in [0.1, 0.15) is 18.2 Å². The maximum atomic E-state index is 5.95. The molecule has 1 heterocycles. The molecule has 78 valence electrons. The van der Waals surface area contributed by atoms with E-state index in [2.05, 4.69) is 17.1 Å². The number of alkyl halides is 1. The third kappa shape index (κ3) is 1.90. The largest absolute Gasteiger partial charge is 0.282 e. The number of rotatable bonds is 3. The maximum absolute atomic E-state index is 5.95. The van der Waals surface area contributed by atoms with Gasteiger partial charge in [-0.25, -0.2) is 0 Å². The smallest absolute Gasteiger partial charge is 0.0967 e. The lowest BCUT2D eigenvalue weighted by Crippen LogP contribution is -1.87. The highest BCUT2D eigenvalue weighted by Gasteiger charge is 2.11. The fraction of sp³-hybridized carbons (Fsp3) is 0.250. The molecular weight excluding hydrogens is 208 g/mol. The number of halogens is 1. The maximum Gasteiger partial charge on any atom is 0.0967 e. The van der Waals surface area contributed by atoms with E-state index in [0.717, 1.165) is 28.9 Å². The minimum Gasteiger partial charge on any atom is -0.282 e. The summed E-state index contributed by atoms with van der Waals surface area (Å²) in [5.41, 5.74) is 4.33. The highest BCUT2D eigenvalue weighted by Crippen LogP contribution is 2.25. The Bertz CT molecular complexity index is 434. The van der Waals surface area contributed by atoms with Crippen LogP contribution < -0.4 is 0 Å². The van der Waals surface area contributed by atoms with E-state index < -0.39 is 0 Å². The van der Waals surface area contributed by atoms with Gasteiger partial charge in [-0.05, 0) is 6.42 Å². The Morgan fingerprint density at radius 3 is 2.60 bits per heavy atom. The zero-order chi connectivity index (χ0) is 10.7. The Labute approximate surface area is 94.3 Å². The Morgan fingerprint density at radius 2 is 2.00 bits per heavy atom. The molecule has 2 rings (SSSR count). The van der Waals surface area contributed by atoms with Gasteiger partial charge in [0.1, 0.15) is 0 Å². The minimum absolute atomic E-state index is 0.504. The van der Waals surface area contributed by atoms with Crippen LogP contribution in [0.3, 0.4) is 0 Å². The van der Waals surface area contributed by atoms with E-state index in [-0.39, 0.29) is 0 Å². The molecule has 0 saturated carbocycles. The van der Waals surface area contributed by atoms with Crippen LogP contribution in [0.4, 0.5) is 0 Å². The van der Waals surface area contributed by atoms with Crippen LogP contribution >= 0.6 is 11.6 Å². The second kappa shape index (κ2) is 4.49. The van der Waals surface area contributed by atoms with Crippen LogP contribution in [0.2, 0.25) is 0 Å². The van der Waals surface area contributed by atoms with Crippen molar-refractivity contribution in [3.63, 3.8) is 0 Å². The Hall–Kier alpha value is -1.28. The Balaban J connectivity index is 2.49. The molecule has 1 aromatic carbocycles. The predicted molar refractivity (Wildman–Crippen MR) is 63.0 cm³/mol. The van der Waals surface area contributed by atoms with Crippen molar-refractivity contribution in [1.29, 1.82) is 0 Å². The van der Waals surface area contributed by atoms with E-state index in [4.69, 9.17) is 11.6 Å². The summed E-state index contributed by atoms with van der Waals surface area (Å²) in [4.78, 5) is 0. The van der Waals surface area contributed by atoms with Crippen LogP contribution in [-0.2, 0) is 12.3 Å². The molecule has 0 unspecified atom stereocenters. The molecule has 0 atom stereocenters. The van der Waals surface area contributed by atoms with E-state index >= 15 is 0 Å². The molecule has 0 aliphatic rings. The number of aryl methyl sites for hydroxylation is 1. The van der Waals surface area contributed by atoms with Gasteiger partial charge < -0.3 is 0 Å². The molecule has 1 N–H and O–H groups in total. The van der Waals surface area contributed by atoms with E-state index in [1.54, 1.807) is 0 Å². The predicted octanol–water partition coefficient (Wildman–Crippen LogP) is 3.38. The van der Waals surface area contributed by atoms with Gasteiger partial charge in [-0.2, -0.15) is 5.10 Å². The highest BCUT2D eigenvalue weighted by molar-refractivity contribution is 6.17. The molecule has 0 fully saturated rings. The van der Waals surface area contributed by atoms with E-state index in [1.165, 1.54) is 0 Å². The van der Waals surface area contributed by atoms with Gasteiger partial charge in [0.05, 0.1) is 11.6 Å². The summed E-state index contributed by atoms with van der Waals surface area (Å²) in [6, 6.07) is 10.1. The summed E-state index contributed by atoms with van der Waals surface area (Å²) < 4.78 is 0. The first-order chi connectivity index (χ1) is 7.36. The van der Waals surface area contributed by atoms with Crippen molar-refractivity contribution in [2.24, 2.45) is 0 Å². The van der Waals surface area contributed by atoms with Crippen LogP contribution in [-0.4, -0.2) is 10.2 Å². The van der Waals surface area contributed by atoms with Crippen LogP contribution in [0.5, 0.6) is 0 Å². The summed E-state index contributed by atoms with van der Waals surface area (Å²) in [5.74, 6) is 0.504. The molecule has 0 aliphatic heterocycles. The van der Waals surface area contributed by atoms with Crippen LogP contribution in [0.25, 0.3) is 11.3 Å². The number of nitrogens with one attached hydrogen (secondary N) is 1. The van der Waals surface area contributed by atoms with E-state index in [1.807, 2.05) is 30.3 Å². The summed E-state index contributed by atoms with van der Waals surface area (Å²) in [6.45, 7) is 2.10. The molecule has 0 spiro atoms. The average molecular weight is 221 g/mol. The highest BCUT2D eigenvalue weighted by atomic mass is 35.5. The van der Waals surface area contributed by atoms with Gasteiger partial charge in [-0.3, -0.25) is 5.10 Å². The normalized spacial score (nSPS) is 10.5. The van der Waals surface area contributed by atoms with Crippen molar-refractivity contribution in [3.05, 3.63) is 41.6 Å². The quantitative estimate of drug-likeness (QED) is 0.790.